The van der Waals surface area contributed by atoms with E-state index in [4.69, 9.17) is 0 Å². The van der Waals surface area contributed by atoms with E-state index < -0.39 is 0 Å². The number of aromatic hydroxyl groups is 1. The Hall–Kier alpha value is -1.18. The molecular weight excluding hydrogens is 186 g/mol. The van der Waals surface area contributed by atoms with Gasteiger partial charge in [0.1, 0.15) is 5.75 Å². The first kappa shape index (κ1) is 11.9. The van der Waals surface area contributed by atoms with Gasteiger partial charge in [-0.05, 0) is 29.5 Å². The van der Waals surface area contributed by atoms with Crippen molar-refractivity contribution in [3.63, 3.8) is 0 Å². The fourth-order valence-corrected chi connectivity index (χ4v) is 2.08. The molecule has 0 aliphatic carbocycles. The van der Waals surface area contributed by atoms with Crippen molar-refractivity contribution >= 4 is 5.69 Å². The topological polar surface area (TPSA) is 23.5 Å². The average molecular weight is 207 g/mol. The summed E-state index contributed by atoms with van der Waals surface area (Å²) in [5.41, 5.74) is 3.42. The van der Waals surface area contributed by atoms with Crippen molar-refractivity contribution in [1.29, 1.82) is 0 Å². The third-order valence-corrected chi connectivity index (χ3v) is 2.56. The molecule has 0 aliphatic rings. The maximum atomic E-state index is 9.91. The molecule has 0 atom stereocenters. The predicted molar refractivity (Wildman–Crippen MR) is 65.9 cm³/mol. The molecule has 84 valence electrons. The van der Waals surface area contributed by atoms with Crippen LogP contribution in [0.25, 0.3) is 0 Å². The van der Waals surface area contributed by atoms with Crippen molar-refractivity contribution in [2.75, 3.05) is 19.0 Å². The maximum Gasteiger partial charge on any atom is 0.139 e. The van der Waals surface area contributed by atoms with Gasteiger partial charge in [0.05, 0.1) is 5.69 Å². The van der Waals surface area contributed by atoms with Crippen LogP contribution in [0.3, 0.4) is 0 Å². The summed E-state index contributed by atoms with van der Waals surface area (Å²) in [6, 6.07) is 3.74. The van der Waals surface area contributed by atoms with Gasteiger partial charge >= 0.3 is 0 Å². The van der Waals surface area contributed by atoms with Gasteiger partial charge < -0.3 is 10.0 Å². The number of nitrogens with zero attached hydrogens (tertiary/aromatic N) is 1. The Morgan fingerprint density at radius 3 is 2.00 bits per heavy atom. The van der Waals surface area contributed by atoms with E-state index in [0.29, 0.717) is 5.75 Å². The van der Waals surface area contributed by atoms with Gasteiger partial charge in [0.15, 0.2) is 0 Å². The molecule has 0 radical (unpaired) electrons. The largest absolute Gasteiger partial charge is 0.506 e. The fourth-order valence-electron chi connectivity index (χ4n) is 2.08. The monoisotopic (exact) mass is 207 g/mol. The van der Waals surface area contributed by atoms with Gasteiger partial charge in [-0.25, -0.2) is 0 Å². The van der Waals surface area contributed by atoms with E-state index in [2.05, 4.69) is 27.7 Å². The van der Waals surface area contributed by atoms with E-state index >= 15 is 0 Å². The summed E-state index contributed by atoms with van der Waals surface area (Å²) in [6.07, 6.45) is 0. The maximum absolute atomic E-state index is 9.91. The standard InChI is InChI=1S/C13H21NO/c1-9-7-8-10(15)12(14(5)6)11(9)13(2,3)4/h7-8,15H,1-6H3. The SMILES string of the molecule is Cc1ccc(O)c(N(C)C)c1C(C)(C)C. The van der Waals surface area contributed by atoms with Crippen LogP contribution >= 0.6 is 0 Å². The van der Waals surface area contributed by atoms with E-state index in [-0.39, 0.29) is 5.41 Å². The summed E-state index contributed by atoms with van der Waals surface area (Å²) < 4.78 is 0. The minimum atomic E-state index is 0.0441. The molecule has 0 saturated heterocycles. The lowest BCUT2D eigenvalue weighted by atomic mass is 9.82. The normalized spacial score (nSPS) is 11.6. The molecule has 0 spiro atoms. The molecule has 2 heteroatoms. The van der Waals surface area contributed by atoms with Crippen molar-refractivity contribution in [1.82, 2.24) is 0 Å². The van der Waals surface area contributed by atoms with E-state index in [0.717, 1.165) is 5.69 Å². The molecule has 0 bridgehead atoms. The van der Waals surface area contributed by atoms with Crippen LogP contribution in [-0.2, 0) is 5.41 Å². The van der Waals surface area contributed by atoms with Crippen molar-refractivity contribution in [2.45, 2.75) is 33.1 Å². The van der Waals surface area contributed by atoms with Crippen LogP contribution < -0.4 is 4.90 Å². The second kappa shape index (κ2) is 3.76. The van der Waals surface area contributed by atoms with Gasteiger partial charge in [0.25, 0.3) is 0 Å². The van der Waals surface area contributed by atoms with E-state index in [9.17, 15) is 5.11 Å². The highest BCUT2D eigenvalue weighted by Gasteiger charge is 2.23. The number of phenols is 1. The average Bonchev–Trinajstić information content (AvgIpc) is 2.05. The molecule has 2 nitrogen and oxygen atoms in total. The first-order valence-electron chi connectivity index (χ1n) is 5.25. The zero-order valence-electron chi connectivity index (χ0n) is 10.5. The zero-order valence-corrected chi connectivity index (χ0v) is 10.5. The molecule has 1 rings (SSSR count). The van der Waals surface area contributed by atoms with Gasteiger partial charge in [-0.3, -0.25) is 0 Å². The molecule has 0 amide bonds. The first-order chi connectivity index (χ1) is 6.75. The van der Waals surface area contributed by atoms with Crippen LogP contribution in [0, 0.1) is 6.92 Å². The molecule has 0 aromatic heterocycles. The molecule has 0 aliphatic heterocycles. The van der Waals surface area contributed by atoms with Crippen LogP contribution in [0.15, 0.2) is 12.1 Å². The second-order valence-corrected chi connectivity index (χ2v) is 5.27. The number of aryl methyl sites for hydroxylation is 1. The molecule has 0 fully saturated rings. The van der Waals surface area contributed by atoms with Gasteiger partial charge in [0, 0.05) is 14.1 Å². The van der Waals surface area contributed by atoms with Crippen molar-refractivity contribution in [2.24, 2.45) is 0 Å². The van der Waals surface area contributed by atoms with Crippen LogP contribution in [0.1, 0.15) is 31.9 Å². The molecule has 1 aromatic carbocycles. The Morgan fingerprint density at radius 2 is 1.67 bits per heavy atom. The predicted octanol–water partition coefficient (Wildman–Crippen LogP) is 3.06. The first-order valence-corrected chi connectivity index (χ1v) is 5.25. The van der Waals surface area contributed by atoms with Crippen molar-refractivity contribution in [3.05, 3.63) is 23.3 Å². The van der Waals surface area contributed by atoms with Gasteiger partial charge in [-0.1, -0.05) is 26.8 Å². The van der Waals surface area contributed by atoms with Crippen LogP contribution in [-0.4, -0.2) is 19.2 Å². The van der Waals surface area contributed by atoms with Gasteiger partial charge in [-0.15, -0.1) is 0 Å². The second-order valence-electron chi connectivity index (χ2n) is 5.27. The quantitative estimate of drug-likeness (QED) is 0.765. The van der Waals surface area contributed by atoms with Crippen molar-refractivity contribution < 1.29 is 5.11 Å². The summed E-state index contributed by atoms with van der Waals surface area (Å²) in [6.45, 7) is 8.60. The third-order valence-electron chi connectivity index (χ3n) is 2.56. The van der Waals surface area contributed by atoms with Gasteiger partial charge in [-0.2, -0.15) is 0 Å². The van der Waals surface area contributed by atoms with E-state index in [1.54, 1.807) is 6.07 Å². The van der Waals surface area contributed by atoms with Crippen LogP contribution in [0.4, 0.5) is 5.69 Å². The summed E-state index contributed by atoms with van der Waals surface area (Å²) >= 11 is 0. The molecule has 0 unspecified atom stereocenters. The highest BCUT2D eigenvalue weighted by molar-refractivity contribution is 5.66. The smallest absolute Gasteiger partial charge is 0.139 e. The molecule has 0 saturated carbocycles. The van der Waals surface area contributed by atoms with Crippen molar-refractivity contribution in [3.8, 4) is 5.75 Å². The summed E-state index contributed by atoms with van der Waals surface area (Å²) in [7, 11) is 3.92. The Bertz CT molecular complexity index is 362. The van der Waals surface area contributed by atoms with Gasteiger partial charge in [0.2, 0.25) is 0 Å². The number of benzene rings is 1. The molecule has 1 N–H and O–H groups in total. The minimum Gasteiger partial charge on any atom is -0.506 e. The highest BCUT2D eigenvalue weighted by atomic mass is 16.3. The summed E-state index contributed by atoms with van der Waals surface area (Å²) in [5, 5.41) is 9.91. The van der Waals surface area contributed by atoms with E-state index in [1.165, 1.54) is 11.1 Å². The summed E-state index contributed by atoms with van der Waals surface area (Å²) in [4.78, 5) is 1.98. The summed E-state index contributed by atoms with van der Waals surface area (Å²) in [5.74, 6) is 0.357. The third kappa shape index (κ3) is 2.25. The number of hydrogen-bond donors (Lipinski definition) is 1. The molecule has 1 aromatic rings. The lowest BCUT2D eigenvalue weighted by molar-refractivity contribution is 0.471. The van der Waals surface area contributed by atoms with Crippen LogP contribution in [0.2, 0.25) is 0 Å². The Balaban J connectivity index is 3.53. The molecular formula is C13H21NO. The van der Waals surface area contributed by atoms with E-state index in [1.807, 2.05) is 25.1 Å². The lowest BCUT2D eigenvalue weighted by Gasteiger charge is -2.29. The number of rotatable bonds is 1. The lowest BCUT2D eigenvalue weighted by Crippen LogP contribution is -2.20. The zero-order chi connectivity index (χ0) is 11.8. The number of hydrogen-bond acceptors (Lipinski definition) is 2. The fraction of sp³-hybridized carbons (Fsp3) is 0.538. The Morgan fingerprint density at radius 1 is 1.13 bits per heavy atom. The van der Waals surface area contributed by atoms with Crippen LogP contribution in [0.5, 0.6) is 5.75 Å². The molecule has 0 heterocycles. The Kier molecular flexibility index (Phi) is 2.98. The minimum absolute atomic E-state index is 0.0441. The number of phenolic OH excluding ortho intramolecular Hbond substituents is 1. The molecule has 15 heavy (non-hydrogen) atoms. The highest BCUT2D eigenvalue weighted by Crippen LogP contribution is 2.39. The number of anilines is 1. The Labute approximate surface area is 92.5 Å².